The molecule has 104 valence electrons. The van der Waals surface area contributed by atoms with Crippen LogP contribution in [0.2, 0.25) is 0 Å². The van der Waals surface area contributed by atoms with E-state index in [1.807, 2.05) is 26.0 Å². The first-order valence-corrected chi connectivity index (χ1v) is 6.28. The summed E-state index contributed by atoms with van der Waals surface area (Å²) in [6.07, 6.45) is 0. The number of furan rings is 1. The quantitative estimate of drug-likeness (QED) is 0.867. The van der Waals surface area contributed by atoms with Crippen LogP contribution in [-0.2, 0) is 11.3 Å². The first-order chi connectivity index (χ1) is 8.97. The minimum absolute atomic E-state index is 0.0193. The summed E-state index contributed by atoms with van der Waals surface area (Å²) in [5, 5.41) is 11.8. The third-order valence-corrected chi connectivity index (χ3v) is 3.43. The first kappa shape index (κ1) is 13.5. The Labute approximate surface area is 111 Å². The molecule has 2 amide bonds. The van der Waals surface area contributed by atoms with Gasteiger partial charge in [-0.05, 0) is 25.0 Å². The molecular weight excluding hydrogens is 248 g/mol. The third kappa shape index (κ3) is 3.07. The second-order valence-electron chi connectivity index (χ2n) is 5.00. The van der Waals surface area contributed by atoms with Gasteiger partial charge >= 0.3 is 12.0 Å². The normalized spacial score (nSPS) is 22.5. The summed E-state index contributed by atoms with van der Waals surface area (Å²) in [4.78, 5) is 24.4. The Morgan fingerprint density at radius 3 is 2.74 bits per heavy atom. The van der Waals surface area contributed by atoms with E-state index in [1.165, 1.54) is 0 Å². The number of aliphatic carboxylic acids is 1. The Bertz CT molecular complexity index is 483. The number of carbonyl (C=O) groups excluding carboxylic acids is 1. The number of urea groups is 1. The number of hydrogen-bond donors (Lipinski definition) is 2. The van der Waals surface area contributed by atoms with Gasteiger partial charge in [0.1, 0.15) is 11.5 Å². The predicted octanol–water partition coefficient (Wildman–Crippen LogP) is 1.45. The van der Waals surface area contributed by atoms with E-state index in [0.29, 0.717) is 18.8 Å². The van der Waals surface area contributed by atoms with Crippen molar-refractivity contribution in [2.75, 3.05) is 13.1 Å². The van der Waals surface area contributed by atoms with Crippen LogP contribution in [0.4, 0.5) is 4.79 Å². The number of amides is 2. The number of likely N-dealkylation sites (tertiary alicyclic amines) is 1. The number of hydrogen-bond acceptors (Lipinski definition) is 3. The van der Waals surface area contributed by atoms with Crippen molar-refractivity contribution >= 4 is 12.0 Å². The van der Waals surface area contributed by atoms with E-state index in [1.54, 1.807) is 4.90 Å². The molecule has 0 saturated carbocycles. The van der Waals surface area contributed by atoms with Crippen LogP contribution < -0.4 is 5.32 Å². The molecule has 1 aliphatic heterocycles. The lowest BCUT2D eigenvalue weighted by Gasteiger charge is -2.16. The second kappa shape index (κ2) is 5.34. The summed E-state index contributed by atoms with van der Waals surface area (Å²) >= 11 is 0. The van der Waals surface area contributed by atoms with Gasteiger partial charge in [-0.3, -0.25) is 4.79 Å². The Hall–Kier alpha value is -1.98. The van der Waals surface area contributed by atoms with E-state index in [0.717, 1.165) is 5.76 Å². The van der Waals surface area contributed by atoms with Crippen molar-refractivity contribution < 1.29 is 19.1 Å². The van der Waals surface area contributed by atoms with Crippen LogP contribution in [0.25, 0.3) is 0 Å². The van der Waals surface area contributed by atoms with Gasteiger partial charge in [0.15, 0.2) is 0 Å². The van der Waals surface area contributed by atoms with E-state index in [4.69, 9.17) is 9.52 Å². The summed E-state index contributed by atoms with van der Waals surface area (Å²) in [7, 11) is 0. The van der Waals surface area contributed by atoms with Gasteiger partial charge in [0.25, 0.3) is 0 Å². The smallest absolute Gasteiger partial charge is 0.317 e. The molecule has 1 saturated heterocycles. The maximum Gasteiger partial charge on any atom is 0.317 e. The summed E-state index contributed by atoms with van der Waals surface area (Å²) in [5.74, 6) is 0.146. The molecule has 0 unspecified atom stereocenters. The van der Waals surface area contributed by atoms with Crippen molar-refractivity contribution in [3.05, 3.63) is 23.7 Å². The molecule has 19 heavy (non-hydrogen) atoms. The molecule has 0 bridgehead atoms. The van der Waals surface area contributed by atoms with E-state index in [9.17, 15) is 9.59 Å². The van der Waals surface area contributed by atoms with Crippen molar-refractivity contribution in [3.63, 3.8) is 0 Å². The molecule has 1 aliphatic rings. The predicted molar refractivity (Wildman–Crippen MR) is 67.5 cm³/mol. The highest BCUT2D eigenvalue weighted by Gasteiger charge is 2.36. The Morgan fingerprint density at radius 1 is 1.47 bits per heavy atom. The van der Waals surface area contributed by atoms with Gasteiger partial charge in [-0.2, -0.15) is 0 Å². The minimum Gasteiger partial charge on any atom is -0.481 e. The number of rotatable bonds is 3. The Morgan fingerprint density at radius 2 is 2.21 bits per heavy atom. The van der Waals surface area contributed by atoms with Crippen LogP contribution in [0.3, 0.4) is 0 Å². The summed E-state index contributed by atoms with van der Waals surface area (Å²) in [5.41, 5.74) is 0. The number of carbonyl (C=O) groups is 2. The molecule has 6 nitrogen and oxygen atoms in total. The molecule has 0 spiro atoms. The van der Waals surface area contributed by atoms with Gasteiger partial charge in [-0.25, -0.2) is 4.79 Å². The molecule has 2 heterocycles. The van der Waals surface area contributed by atoms with Crippen molar-refractivity contribution in [1.82, 2.24) is 10.2 Å². The SMILES string of the molecule is Cc1ccc(CNC(=O)N2C[C@@H](C)[C@H](C(=O)O)C2)o1. The molecule has 1 aromatic rings. The highest BCUT2D eigenvalue weighted by Crippen LogP contribution is 2.23. The molecule has 2 atom stereocenters. The summed E-state index contributed by atoms with van der Waals surface area (Å²) < 4.78 is 5.35. The lowest BCUT2D eigenvalue weighted by molar-refractivity contribution is -0.142. The molecule has 0 aliphatic carbocycles. The highest BCUT2D eigenvalue weighted by molar-refractivity contribution is 5.77. The standard InChI is InChI=1S/C13H18N2O4/c1-8-6-15(7-11(8)12(16)17)13(18)14-5-10-4-3-9(2)19-10/h3-4,8,11H,5-7H2,1-2H3,(H,14,18)(H,16,17)/t8-,11-/m1/s1. The van der Waals surface area contributed by atoms with Crippen LogP contribution in [0.1, 0.15) is 18.4 Å². The average Bonchev–Trinajstić information content (AvgIpc) is 2.92. The Kier molecular flexibility index (Phi) is 3.78. The third-order valence-electron chi connectivity index (χ3n) is 3.43. The number of nitrogens with one attached hydrogen (secondary N) is 1. The van der Waals surface area contributed by atoms with Crippen LogP contribution in [0, 0.1) is 18.8 Å². The minimum atomic E-state index is -0.843. The fourth-order valence-electron chi connectivity index (χ4n) is 2.31. The van der Waals surface area contributed by atoms with Gasteiger partial charge in [0.2, 0.25) is 0 Å². The molecule has 1 fully saturated rings. The fourth-order valence-corrected chi connectivity index (χ4v) is 2.31. The zero-order valence-corrected chi connectivity index (χ0v) is 11.0. The van der Waals surface area contributed by atoms with Gasteiger partial charge in [-0.15, -0.1) is 0 Å². The Balaban J connectivity index is 1.86. The van der Waals surface area contributed by atoms with Crippen molar-refractivity contribution in [2.24, 2.45) is 11.8 Å². The van der Waals surface area contributed by atoms with Crippen molar-refractivity contribution in [3.8, 4) is 0 Å². The lowest BCUT2D eigenvalue weighted by atomic mass is 9.99. The summed E-state index contributed by atoms with van der Waals surface area (Å²) in [6, 6.07) is 3.40. The zero-order chi connectivity index (χ0) is 14.0. The van der Waals surface area contributed by atoms with Gasteiger partial charge in [0, 0.05) is 13.1 Å². The van der Waals surface area contributed by atoms with Crippen molar-refractivity contribution in [2.45, 2.75) is 20.4 Å². The van der Waals surface area contributed by atoms with E-state index in [2.05, 4.69) is 5.32 Å². The highest BCUT2D eigenvalue weighted by atomic mass is 16.4. The summed E-state index contributed by atoms with van der Waals surface area (Å²) in [6.45, 7) is 4.74. The topological polar surface area (TPSA) is 82.8 Å². The molecule has 2 N–H and O–H groups in total. The zero-order valence-electron chi connectivity index (χ0n) is 11.0. The molecule has 6 heteroatoms. The number of carboxylic acid groups (broad SMARTS) is 1. The number of nitrogens with zero attached hydrogens (tertiary/aromatic N) is 1. The fraction of sp³-hybridized carbons (Fsp3) is 0.538. The maximum absolute atomic E-state index is 11.9. The number of aryl methyl sites for hydroxylation is 1. The van der Waals surface area contributed by atoms with E-state index in [-0.39, 0.29) is 18.5 Å². The van der Waals surface area contributed by atoms with Crippen LogP contribution in [-0.4, -0.2) is 35.1 Å². The average molecular weight is 266 g/mol. The molecule has 2 rings (SSSR count). The maximum atomic E-state index is 11.9. The number of carboxylic acids is 1. The van der Waals surface area contributed by atoms with Gasteiger partial charge < -0.3 is 19.7 Å². The van der Waals surface area contributed by atoms with E-state index < -0.39 is 11.9 Å². The van der Waals surface area contributed by atoms with Crippen LogP contribution in [0.5, 0.6) is 0 Å². The van der Waals surface area contributed by atoms with Gasteiger partial charge in [-0.1, -0.05) is 6.92 Å². The largest absolute Gasteiger partial charge is 0.481 e. The monoisotopic (exact) mass is 266 g/mol. The second-order valence-corrected chi connectivity index (χ2v) is 5.00. The molecular formula is C13H18N2O4. The van der Waals surface area contributed by atoms with Crippen LogP contribution in [0.15, 0.2) is 16.5 Å². The molecule has 1 aromatic heterocycles. The molecule has 0 aromatic carbocycles. The molecule has 0 radical (unpaired) electrons. The van der Waals surface area contributed by atoms with Crippen molar-refractivity contribution in [1.29, 1.82) is 0 Å². The van der Waals surface area contributed by atoms with Gasteiger partial charge in [0.05, 0.1) is 12.5 Å². The van der Waals surface area contributed by atoms with Crippen LogP contribution >= 0.6 is 0 Å². The lowest BCUT2D eigenvalue weighted by Crippen LogP contribution is -2.38. The first-order valence-electron chi connectivity index (χ1n) is 6.28. The van der Waals surface area contributed by atoms with E-state index >= 15 is 0 Å².